The summed E-state index contributed by atoms with van der Waals surface area (Å²) in [6, 6.07) is 0. The molecule has 0 amide bonds. The molecule has 0 aliphatic carbocycles. The molecular formula is C8H23N3O2Si. The molecule has 0 spiro atoms. The fourth-order valence-electron chi connectivity index (χ4n) is 1.10. The molecule has 0 rings (SSSR count). The van der Waals surface area contributed by atoms with Gasteiger partial charge in [-0.3, -0.25) is 4.98 Å². The maximum atomic E-state index is 5.61. The maximum Gasteiger partial charge on any atom is 0.421 e. The van der Waals surface area contributed by atoms with Crippen molar-refractivity contribution in [1.82, 2.24) is 4.98 Å². The summed E-state index contributed by atoms with van der Waals surface area (Å²) in [7, 11) is 1.16. The van der Waals surface area contributed by atoms with E-state index >= 15 is 0 Å². The molecule has 0 bridgehead atoms. The standard InChI is InChI=1S/C8H23N3O2Si/c1-12-14(3,13-2)11-7-8(6-10)4-5-9/h8,11H,4-7,9-10H2,1-3H3. The Morgan fingerprint density at radius 3 is 2.21 bits per heavy atom. The summed E-state index contributed by atoms with van der Waals surface area (Å²) in [5.41, 5.74) is 11.1. The fraction of sp³-hybridized carbons (Fsp3) is 1.00. The van der Waals surface area contributed by atoms with Gasteiger partial charge in [0.05, 0.1) is 0 Å². The number of hydrogen-bond acceptors (Lipinski definition) is 5. The molecule has 6 heteroatoms. The Morgan fingerprint density at radius 1 is 1.29 bits per heavy atom. The molecular weight excluding hydrogens is 198 g/mol. The van der Waals surface area contributed by atoms with Gasteiger partial charge in [0.2, 0.25) is 0 Å². The molecule has 0 aromatic carbocycles. The molecule has 86 valence electrons. The quantitative estimate of drug-likeness (QED) is 0.475. The van der Waals surface area contributed by atoms with Crippen LogP contribution in [0.3, 0.4) is 0 Å². The molecule has 14 heavy (non-hydrogen) atoms. The highest BCUT2D eigenvalue weighted by Gasteiger charge is 2.29. The van der Waals surface area contributed by atoms with Crippen LogP contribution in [-0.4, -0.2) is 42.6 Å². The van der Waals surface area contributed by atoms with Crippen molar-refractivity contribution in [3.8, 4) is 0 Å². The lowest BCUT2D eigenvalue weighted by Crippen LogP contribution is -2.54. The van der Waals surface area contributed by atoms with Gasteiger partial charge in [0.15, 0.2) is 0 Å². The highest BCUT2D eigenvalue weighted by Crippen LogP contribution is 2.03. The molecule has 1 atom stereocenters. The Balaban J connectivity index is 3.87. The van der Waals surface area contributed by atoms with Gasteiger partial charge in [0.1, 0.15) is 0 Å². The molecule has 0 radical (unpaired) electrons. The van der Waals surface area contributed by atoms with Crippen LogP contribution in [0.25, 0.3) is 0 Å². The van der Waals surface area contributed by atoms with Gasteiger partial charge < -0.3 is 20.3 Å². The minimum atomic E-state index is -2.15. The van der Waals surface area contributed by atoms with Crippen molar-refractivity contribution in [3.05, 3.63) is 0 Å². The first-order valence-corrected chi connectivity index (χ1v) is 7.19. The third-order valence-electron chi connectivity index (χ3n) is 2.40. The minimum Gasteiger partial charge on any atom is -0.386 e. The smallest absolute Gasteiger partial charge is 0.386 e. The zero-order valence-electron chi connectivity index (χ0n) is 9.38. The van der Waals surface area contributed by atoms with Crippen molar-refractivity contribution in [2.45, 2.75) is 13.0 Å². The Kier molecular flexibility index (Phi) is 7.34. The second kappa shape index (κ2) is 7.33. The van der Waals surface area contributed by atoms with Crippen molar-refractivity contribution < 1.29 is 8.85 Å². The van der Waals surface area contributed by atoms with E-state index in [9.17, 15) is 0 Å². The van der Waals surface area contributed by atoms with E-state index in [1.54, 1.807) is 14.2 Å². The molecule has 0 aromatic rings. The first-order chi connectivity index (χ1) is 6.61. The second-order valence-corrected chi connectivity index (χ2v) is 6.48. The van der Waals surface area contributed by atoms with Crippen LogP contribution in [0.4, 0.5) is 0 Å². The van der Waals surface area contributed by atoms with Crippen LogP contribution in [0.5, 0.6) is 0 Å². The highest BCUT2D eigenvalue weighted by atomic mass is 28.4. The molecule has 0 saturated heterocycles. The van der Waals surface area contributed by atoms with E-state index in [-0.39, 0.29) is 0 Å². The Bertz CT molecular complexity index is 145. The summed E-state index contributed by atoms with van der Waals surface area (Å²) in [5.74, 6) is 0.400. The summed E-state index contributed by atoms with van der Waals surface area (Å²) >= 11 is 0. The molecule has 0 aliphatic heterocycles. The predicted octanol–water partition coefficient (Wildman–Crippen LogP) is -0.639. The molecule has 0 aliphatic rings. The maximum absolute atomic E-state index is 5.61. The Morgan fingerprint density at radius 2 is 1.86 bits per heavy atom. The topological polar surface area (TPSA) is 82.5 Å². The summed E-state index contributed by atoms with van der Waals surface area (Å²) in [6.45, 7) is 4.07. The van der Waals surface area contributed by atoms with E-state index < -0.39 is 8.72 Å². The van der Waals surface area contributed by atoms with E-state index in [4.69, 9.17) is 20.3 Å². The van der Waals surface area contributed by atoms with Gasteiger partial charge in [-0.15, -0.1) is 0 Å². The van der Waals surface area contributed by atoms with Gasteiger partial charge in [-0.05, 0) is 38.5 Å². The van der Waals surface area contributed by atoms with Gasteiger partial charge >= 0.3 is 8.72 Å². The Labute approximate surface area is 87.5 Å². The van der Waals surface area contributed by atoms with Crippen LogP contribution in [0.1, 0.15) is 6.42 Å². The summed E-state index contributed by atoms with van der Waals surface area (Å²) < 4.78 is 10.6. The van der Waals surface area contributed by atoms with Gasteiger partial charge in [-0.25, -0.2) is 0 Å². The summed E-state index contributed by atoms with van der Waals surface area (Å²) in [6.07, 6.45) is 0.932. The van der Waals surface area contributed by atoms with Gasteiger partial charge in [0, 0.05) is 14.2 Å². The van der Waals surface area contributed by atoms with E-state index in [2.05, 4.69) is 4.98 Å². The Hall–Kier alpha value is 0.0169. The van der Waals surface area contributed by atoms with Crippen LogP contribution in [0, 0.1) is 5.92 Å². The third-order valence-corrected chi connectivity index (χ3v) is 4.80. The second-order valence-electron chi connectivity index (χ2n) is 3.41. The van der Waals surface area contributed by atoms with Crippen molar-refractivity contribution >= 4 is 8.72 Å². The number of rotatable bonds is 8. The predicted molar refractivity (Wildman–Crippen MR) is 59.9 cm³/mol. The van der Waals surface area contributed by atoms with Crippen molar-refractivity contribution in [2.24, 2.45) is 17.4 Å². The molecule has 0 fully saturated rings. The van der Waals surface area contributed by atoms with Crippen LogP contribution < -0.4 is 16.4 Å². The summed E-state index contributed by atoms with van der Waals surface area (Å²) in [4.78, 5) is 3.29. The first-order valence-electron chi connectivity index (χ1n) is 4.87. The number of nitrogens with two attached hydrogens (primary N) is 2. The zero-order chi connectivity index (χ0) is 11.0. The average molecular weight is 221 g/mol. The van der Waals surface area contributed by atoms with Crippen molar-refractivity contribution in [2.75, 3.05) is 33.9 Å². The molecule has 1 unspecified atom stereocenters. The van der Waals surface area contributed by atoms with E-state index in [0.29, 0.717) is 19.0 Å². The monoisotopic (exact) mass is 221 g/mol. The largest absolute Gasteiger partial charge is 0.421 e. The zero-order valence-corrected chi connectivity index (χ0v) is 10.4. The van der Waals surface area contributed by atoms with Crippen LogP contribution >= 0.6 is 0 Å². The SMILES string of the molecule is CO[Si](C)(NCC(CN)CCN)OC. The van der Waals surface area contributed by atoms with Crippen LogP contribution in [0.15, 0.2) is 0 Å². The van der Waals surface area contributed by atoms with Gasteiger partial charge in [0.25, 0.3) is 0 Å². The van der Waals surface area contributed by atoms with Crippen molar-refractivity contribution in [1.29, 1.82) is 0 Å². The van der Waals surface area contributed by atoms with Gasteiger partial charge in [-0.2, -0.15) is 0 Å². The van der Waals surface area contributed by atoms with Crippen LogP contribution in [-0.2, 0) is 8.85 Å². The number of hydrogen-bond donors (Lipinski definition) is 3. The van der Waals surface area contributed by atoms with Crippen LogP contribution in [0.2, 0.25) is 6.55 Å². The highest BCUT2D eigenvalue weighted by molar-refractivity contribution is 6.63. The third kappa shape index (κ3) is 5.04. The van der Waals surface area contributed by atoms with E-state index in [1.807, 2.05) is 6.55 Å². The lowest BCUT2D eigenvalue weighted by molar-refractivity contribution is 0.232. The van der Waals surface area contributed by atoms with Gasteiger partial charge in [-0.1, -0.05) is 0 Å². The molecule has 0 heterocycles. The molecule has 5 N–H and O–H groups in total. The summed E-state index contributed by atoms with van der Waals surface area (Å²) in [5, 5.41) is 0. The van der Waals surface area contributed by atoms with E-state index in [0.717, 1.165) is 13.0 Å². The lowest BCUT2D eigenvalue weighted by Gasteiger charge is -2.25. The minimum absolute atomic E-state index is 0.400. The molecule has 0 aromatic heterocycles. The fourth-order valence-corrected chi connectivity index (χ4v) is 2.21. The van der Waals surface area contributed by atoms with E-state index in [1.165, 1.54) is 0 Å². The first kappa shape index (κ1) is 14.0. The normalized spacial score (nSPS) is 14.4. The average Bonchev–Trinajstić information content (AvgIpc) is 2.23. The number of nitrogens with one attached hydrogen (secondary N) is 1. The molecule has 5 nitrogen and oxygen atoms in total. The lowest BCUT2D eigenvalue weighted by atomic mass is 10.1. The molecule has 0 saturated carbocycles. The van der Waals surface area contributed by atoms with Crippen molar-refractivity contribution in [3.63, 3.8) is 0 Å².